The van der Waals surface area contributed by atoms with E-state index in [9.17, 15) is 0 Å². The first-order valence-electron chi connectivity index (χ1n) is 6.31. The molecule has 0 spiro atoms. The number of rotatable bonds is 4. The number of nitrogens with zero attached hydrogens (tertiary/aromatic N) is 3. The van der Waals surface area contributed by atoms with Crippen molar-refractivity contribution in [3.63, 3.8) is 0 Å². The van der Waals surface area contributed by atoms with E-state index in [1.165, 1.54) is 18.6 Å². The lowest BCUT2D eigenvalue weighted by molar-refractivity contribution is 0.725. The Morgan fingerprint density at radius 3 is 3.00 bits per heavy atom. The molecule has 0 amide bonds. The van der Waals surface area contributed by atoms with E-state index in [4.69, 9.17) is 0 Å². The number of thioether (sulfide) groups is 1. The van der Waals surface area contributed by atoms with Gasteiger partial charge in [-0.3, -0.25) is 9.67 Å². The highest BCUT2D eigenvalue weighted by Crippen LogP contribution is 2.25. The monoisotopic (exact) mass is 395 g/mol. The minimum Gasteiger partial charge on any atom is -0.355 e. The second-order valence-corrected chi connectivity index (χ2v) is 5.87. The first-order chi connectivity index (χ1) is 8.78. The number of hydrogen-bond donors (Lipinski definition) is 2. The number of aliphatic imine (C=N–C) groups is 1. The Labute approximate surface area is 136 Å². The van der Waals surface area contributed by atoms with Crippen molar-refractivity contribution >= 4 is 41.7 Å². The number of guanidine groups is 1. The number of aromatic nitrogens is 2. The third-order valence-electron chi connectivity index (χ3n) is 2.96. The Morgan fingerprint density at radius 1 is 1.58 bits per heavy atom. The predicted octanol–water partition coefficient (Wildman–Crippen LogP) is 1.60. The summed E-state index contributed by atoms with van der Waals surface area (Å²) >= 11 is 2.05. The molecule has 2 heterocycles. The van der Waals surface area contributed by atoms with Crippen molar-refractivity contribution < 1.29 is 0 Å². The van der Waals surface area contributed by atoms with Gasteiger partial charge in [0.15, 0.2) is 5.96 Å². The van der Waals surface area contributed by atoms with Crippen molar-refractivity contribution in [3.05, 3.63) is 18.0 Å². The highest BCUT2D eigenvalue weighted by Gasteiger charge is 2.15. The standard InChI is InChI=1S/C12H21N5S.HI/c1-13-12(15-8-11-4-3-5-18-11)14-6-10-7-16-17(2)9-10;/h7,9,11H,3-6,8H2,1-2H3,(H2,13,14,15);1H. The molecule has 1 aromatic heterocycles. The van der Waals surface area contributed by atoms with Crippen LogP contribution in [0.15, 0.2) is 17.4 Å². The quantitative estimate of drug-likeness (QED) is 0.462. The predicted molar refractivity (Wildman–Crippen MR) is 92.3 cm³/mol. The maximum Gasteiger partial charge on any atom is 0.191 e. The molecule has 2 N–H and O–H groups in total. The van der Waals surface area contributed by atoms with Crippen LogP contribution >= 0.6 is 35.7 Å². The van der Waals surface area contributed by atoms with Gasteiger partial charge in [-0.15, -0.1) is 24.0 Å². The van der Waals surface area contributed by atoms with E-state index in [0.717, 1.165) is 29.9 Å². The van der Waals surface area contributed by atoms with E-state index in [0.29, 0.717) is 0 Å². The third-order valence-corrected chi connectivity index (χ3v) is 4.36. The van der Waals surface area contributed by atoms with Crippen LogP contribution in [0.2, 0.25) is 0 Å². The molecule has 5 nitrogen and oxygen atoms in total. The summed E-state index contributed by atoms with van der Waals surface area (Å²) in [6.45, 7) is 1.75. The Kier molecular flexibility index (Phi) is 7.59. The van der Waals surface area contributed by atoms with Gasteiger partial charge in [0, 0.05) is 44.2 Å². The maximum absolute atomic E-state index is 4.23. The van der Waals surface area contributed by atoms with Crippen molar-refractivity contribution in [1.29, 1.82) is 0 Å². The minimum atomic E-state index is 0. The van der Waals surface area contributed by atoms with Crippen LogP contribution in [0.3, 0.4) is 0 Å². The normalized spacial score (nSPS) is 19.1. The van der Waals surface area contributed by atoms with Crippen LogP contribution in [0, 0.1) is 0 Å². The summed E-state index contributed by atoms with van der Waals surface area (Å²) in [6.07, 6.45) is 6.54. The van der Waals surface area contributed by atoms with Crippen molar-refractivity contribution in [2.75, 3.05) is 19.3 Å². The molecular formula is C12H22IN5S. The van der Waals surface area contributed by atoms with Gasteiger partial charge in [-0.25, -0.2) is 0 Å². The van der Waals surface area contributed by atoms with Gasteiger partial charge in [-0.05, 0) is 18.6 Å². The van der Waals surface area contributed by atoms with Gasteiger partial charge in [-0.2, -0.15) is 16.9 Å². The summed E-state index contributed by atoms with van der Waals surface area (Å²) in [6, 6.07) is 0. The van der Waals surface area contributed by atoms with Gasteiger partial charge in [0.2, 0.25) is 0 Å². The molecule has 108 valence electrons. The number of nitrogens with one attached hydrogen (secondary N) is 2. The second-order valence-electron chi connectivity index (χ2n) is 4.46. The fourth-order valence-corrected chi connectivity index (χ4v) is 3.19. The van der Waals surface area contributed by atoms with Crippen molar-refractivity contribution in [3.8, 4) is 0 Å². The smallest absolute Gasteiger partial charge is 0.191 e. The van der Waals surface area contributed by atoms with Crippen molar-refractivity contribution in [2.45, 2.75) is 24.6 Å². The van der Waals surface area contributed by atoms with Crippen LogP contribution in [0.4, 0.5) is 0 Å². The average Bonchev–Trinajstić information content (AvgIpc) is 3.01. The molecule has 1 atom stereocenters. The fourth-order valence-electron chi connectivity index (χ4n) is 1.99. The largest absolute Gasteiger partial charge is 0.355 e. The Balaban J connectivity index is 0.00000180. The molecule has 0 radical (unpaired) electrons. The molecule has 1 unspecified atom stereocenters. The highest BCUT2D eigenvalue weighted by molar-refractivity contribution is 14.0. The zero-order valence-electron chi connectivity index (χ0n) is 11.4. The van der Waals surface area contributed by atoms with E-state index >= 15 is 0 Å². The van der Waals surface area contributed by atoms with Gasteiger partial charge in [0.25, 0.3) is 0 Å². The van der Waals surface area contributed by atoms with Gasteiger partial charge >= 0.3 is 0 Å². The molecule has 7 heteroatoms. The molecule has 1 aliphatic heterocycles. The molecular weight excluding hydrogens is 373 g/mol. The Bertz CT molecular complexity index is 401. The van der Waals surface area contributed by atoms with Crippen LogP contribution in [-0.2, 0) is 13.6 Å². The molecule has 19 heavy (non-hydrogen) atoms. The highest BCUT2D eigenvalue weighted by atomic mass is 127. The lowest BCUT2D eigenvalue weighted by atomic mass is 10.2. The first kappa shape index (κ1) is 16.6. The maximum atomic E-state index is 4.23. The zero-order valence-corrected chi connectivity index (χ0v) is 14.6. The van der Waals surface area contributed by atoms with Crippen LogP contribution in [0.5, 0.6) is 0 Å². The summed E-state index contributed by atoms with van der Waals surface area (Å²) < 4.78 is 1.81. The topological polar surface area (TPSA) is 54.2 Å². The van der Waals surface area contributed by atoms with Crippen LogP contribution in [0.1, 0.15) is 18.4 Å². The molecule has 2 rings (SSSR count). The van der Waals surface area contributed by atoms with Gasteiger partial charge in [0.1, 0.15) is 0 Å². The van der Waals surface area contributed by atoms with Crippen molar-refractivity contribution in [1.82, 2.24) is 20.4 Å². The summed E-state index contributed by atoms with van der Waals surface area (Å²) in [5.41, 5.74) is 1.16. The van der Waals surface area contributed by atoms with Crippen LogP contribution in [-0.4, -0.2) is 40.3 Å². The SMILES string of the molecule is CN=C(NCc1cnn(C)c1)NCC1CCCS1.I. The summed E-state index contributed by atoms with van der Waals surface area (Å²) in [4.78, 5) is 4.23. The molecule has 0 bridgehead atoms. The average molecular weight is 395 g/mol. The van der Waals surface area contributed by atoms with Crippen molar-refractivity contribution in [2.24, 2.45) is 12.0 Å². The fraction of sp³-hybridized carbons (Fsp3) is 0.667. The molecule has 1 saturated heterocycles. The lowest BCUT2D eigenvalue weighted by Gasteiger charge is -2.14. The lowest BCUT2D eigenvalue weighted by Crippen LogP contribution is -2.39. The van der Waals surface area contributed by atoms with E-state index in [-0.39, 0.29) is 24.0 Å². The second kappa shape index (κ2) is 8.68. The molecule has 1 aliphatic rings. The first-order valence-corrected chi connectivity index (χ1v) is 7.36. The molecule has 0 aliphatic carbocycles. The molecule has 0 saturated carbocycles. The summed E-state index contributed by atoms with van der Waals surface area (Å²) in [5.74, 6) is 2.17. The van der Waals surface area contributed by atoms with Gasteiger partial charge < -0.3 is 10.6 Å². The van der Waals surface area contributed by atoms with E-state index < -0.39 is 0 Å². The van der Waals surface area contributed by atoms with E-state index in [1.807, 2.05) is 24.1 Å². The third kappa shape index (κ3) is 5.60. The molecule has 1 aromatic rings. The van der Waals surface area contributed by atoms with Gasteiger partial charge in [-0.1, -0.05) is 0 Å². The summed E-state index contributed by atoms with van der Waals surface area (Å²) in [7, 11) is 3.73. The molecule has 0 aromatic carbocycles. The van der Waals surface area contributed by atoms with Crippen LogP contribution < -0.4 is 10.6 Å². The van der Waals surface area contributed by atoms with E-state index in [1.54, 1.807) is 7.05 Å². The Morgan fingerprint density at radius 2 is 2.42 bits per heavy atom. The van der Waals surface area contributed by atoms with E-state index in [2.05, 4.69) is 32.5 Å². The van der Waals surface area contributed by atoms with Crippen LogP contribution in [0.25, 0.3) is 0 Å². The number of hydrogen-bond acceptors (Lipinski definition) is 3. The molecule has 1 fully saturated rings. The number of aryl methyl sites for hydroxylation is 1. The minimum absolute atomic E-state index is 0. The zero-order chi connectivity index (χ0) is 12.8. The van der Waals surface area contributed by atoms with Gasteiger partial charge in [0.05, 0.1) is 6.20 Å². The number of halogens is 1. The Hall–Kier alpha value is -0.440. The summed E-state index contributed by atoms with van der Waals surface area (Å²) in [5, 5.41) is 11.6.